The molecular weight excluding hydrogens is 1780 g/mol. The summed E-state index contributed by atoms with van der Waals surface area (Å²) >= 11 is 0. The van der Waals surface area contributed by atoms with Gasteiger partial charge in [0.25, 0.3) is 0 Å². The van der Waals surface area contributed by atoms with Gasteiger partial charge in [-0.1, -0.05) is 140 Å². The molecule has 42 nitrogen and oxygen atoms in total. The van der Waals surface area contributed by atoms with Crippen molar-refractivity contribution in [1.82, 2.24) is 16.0 Å². The van der Waals surface area contributed by atoms with Gasteiger partial charge in [0.15, 0.2) is 80.1 Å². The number of nitrogens with one attached hydrogen (secondary N) is 3. The molecule has 131 heavy (non-hydrogen) atoms. The van der Waals surface area contributed by atoms with Crippen LogP contribution in [0, 0.1) is 0 Å². The Labute approximate surface area is 747 Å². The maximum Gasteiger partial charge on any atom is 0.407 e. The minimum Gasteiger partial charge on any atom is -0.467 e. The Bertz CT molecular complexity index is 5350. The zero-order chi connectivity index (χ0) is 94.1. The zero-order valence-electron chi connectivity index (χ0n) is 70.0. The summed E-state index contributed by atoms with van der Waals surface area (Å²) in [5, 5.41) is 7.54. The summed E-state index contributed by atoms with van der Waals surface area (Å²) in [4.78, 5) is 188. The van der Waals surface area contributed by atoms with E-state index in [1.165, 1.54) is 182 Å². The van der Waals surface area contributed by atoms with Crippen LogP contribution in [0.4, 0.5) is 4.79 Å². The summed E-state index contributed by atoms with van der Waals surface area (Å²) in [5.41, 5.74) is -1.10. The number of methoxy groups -OCH3 is 2. The standard InChI is InChI=1S/C87H89N3O39S2/c1-48(91)41-42-60(94)118-67-69(121-77(97)54-33-19-9-20-34-54)73(123-79(99)56-37-23-11-24-38-56)85(128-71(67)81(101)110-4)126-66-62(90-50(3)93)84(117-59(47-115-131(107,108)109)64(66)120-76(96)53-31-17-8-18-32-53)127-68-70(122-78(98)55-35-21-10-22-36-55)74(124-80(100)57-39-25-12-26-40-57)86(129-72(68)82(102)111-5)125-65-61(89-49(2)92)83(112-44-43-88-87(103)113-45-51-27-13-6-14-28-51)116-58(46-114-130(104,105)106)63(65)119-75(95)52-29-15-7-16-30-52/h6-40,58-59,61-74,83-86H,41-47H2,1-5H3,(H,88,103)(H,89,92)(H,90,93)(H,104,105,106)(H,107,108,109)/t58-,59-,61-,62-,63+,64+,65-,66-,67+,68+,69+,70+,71+,72+,73-,74-,83-,84+,85-,86-/m1/s1. The normalized spacial score (nSPS) is 25.2. The molecule has 7 aromatic carbocycles. The van der Waals surface area contributed by atoms with Crippen LogP contribution in [0.25, 0.3) is 0 Å². The second kappa shape index (κ2) is 46.5. The summed E-state index contributed by atoms with van der Waals surface area (Å²) in [5.74, 6) is -15.1. The van der Waals surface area contributed by atoms with Crippen molar-refractivity contribution in [2.24, 2.45) is 0 Å². The van der Waals surface area contributed by atoms with Gasteiger partial charge >= 0.3 is 80.6 Å². The summed E-state index contributed by atoms with van der Waals surface area (Å²) in [7, 11) is -9.66. The van der Waals surface area contributed by atoms with E-state index in [0.717, 1.165) is 35.0 Å². The maximum absolute atomic E-state index is 15.4. The smallest absolute Gasteiger partial charge is 0.407 e. The third-order valence-corrected chi connectivity index (χ3v) is 20.7. The van der Waals surface area contributed by atoms with E-state index in [9.17, 15) is 73.9 Å². The molecule has 0 aliphatic carbocycles. The van der Waals surface area contributed by atoms with Crippen molar-refractivity contribution in [3.63, 3.8) is 0 Å². The largest absolute Gasteiger partial charge is 0.467 e. The number of rotatable bonds is 38. The first-order valence-corrected chi connectivity index (χ1v) is 42.8. The second-order valence-electron chi connectivity index (χ2n) is 29.1. The molecule has 4 heterocycles. The van der Waals surface area contributed by atoms with Gasteiger partial charge in [-0.05, 0) is 85.3 Å². The topological polar surface area (TPSA) is 551 Å². The summed E-state index contributed by atoms with van der Waals surface area (Å²) in [6.07, 6.45) is -46.4. The minimum atomic E-state index is -5.74. The first-order valence-electron chi connectivity index (χ1n) is 40.1. The number of ketones is 1. The molecule has 0 radical (unpaired) electrons. The van der Waals surface area contributed by atoms with E-state index in [2.05, 4.69) is 16.0 Å². The highest BCUT2D eigenvalue weighted by atomic mass is 32.3. The van der Waals surface area contributed by atoms with E-state index in [1.807, 2.05) is 0 Å². The quantitative estimate of drug-likeness (QED) is 0.0153. The van der Waals surface area contributed by atoms with E-state index < -0.39 is 260 Å². The maximum atomic E-state index is 15.4. The lowest BCUT2D eigenvalue weighted by Gasteiger charge is -2.51. The van der Waals surface area contributed by atoms with Gasteiger partial charge in [-0.25, -0.2) is 51.5 Å². The van der Waals surface area contributed by atoms with Gasteiger partial charge in [0.2, 0.25) is 11.8 Å². The molecule has 5 N–H and O–H groups in total. The van der Waals surface area contributed by atoms with Crippen molar-refractivity contribution < 1.29 is 182 Å². The minimum absolute atomic E-state index is 0.196. The third-order valence-electron chi connectivity index (χ3n) is 19.9. The molecule has 4 saturated heterocycles. The van der Waals surface area contributed by atoms with Crippen molar-refractivity contribution in [2.45, 2.75) is 163 Å². The van der Waals surface area contributed by atoms with Gasteiger partial charge < -0.3 is 106 Å². The molecule has 698 valence electrons. The van der Waals surface area contributed by atoms with Gasteiger partial charge in [-0.2, -0.15) is 16.8 Å². The fourth-order valence-corrected chi connectivity index (χ4v) is 14.5. The lowest BCUT2D eigenvalue weighted by atomic mass is 9.93. The molecule has 0 spiro atoms. The van der Waals surface area contributed by atoms with Crippen molar-refractivity contribution >= 4 is 98.2 Å². The highest BCUT2D eigenvalue weighted by molar-refractivity contribution is 7.81. The fourth-order valence-electron chi connectivity index (χ4n) is 13.9. The van der Waals surface area contributed by atoms with Crippen LogP contribution < -0.4 is 16.0 Å². The molecule has 44 heteroatoms. The van der Waals surface area contributed by atoms with Crippen molar-refractivity contribution in [3.05, 3.63) is 251 Å². The van der Waals surface area contributed by atoms with Crippen LogP contribution >= 0.6 is 0 Å². The van der Waals surface area contributed by atoms with E-state index in [4.69, 9.17) is 93.6 Å². The lowest BCUT2D eigenvalue weighted by molar-refractivity contribution is -0.367. The molecule has 4 aliphatic rings. The number of amides is 3. The first kappa shape index (κ1) is 98.7. The highest BCUT2D eigenvalue weighted by Crippen LogP contribution is 2.41. The highest BCUT2D eigenvalue weighted by Gasteiger charge is 2.63. The zero-order valence-corrected chi connectivity index (χ0v) is 71.7. The average Bonchev–Trinajstić information content (AvgIpc) is 0.747. The van der Waals surface area contributed by atoms with E-state index >= 15 is 14.4 Å². The van der Waals surface area contributed by atoms with Crippen LogP contribution in [0.2, 0.25) is 0 Å². The van der Waals surface area contributed by atoms with Gasteiger partial charge in [-0.15, -0.1) is 0 Å². The van der Waals surface area contributed by atoms with Crippen LogP contribution in [0.1, 0.15) is 101 Å². The molecule has 0 aromatic heterocycles. The Morgan fingerprint density at radius 3 is 1.03 bits per heavy atom. The molecule has 0 unspecified atom stereocenters. The number of Topliss-reactive ketones (excluding diaryl/α,β-unsaturated/α-hetero) is 1. The van der Waals surface area contributed by atoms with Gasteiger partial charge in [0.05, 0.1) is 73.8 Å². The molecule has 3 amide bonds. The number of carbonyl (C=O) groups excluding carboxylic acids is 13. The van der Waals surface area contributed by atoms with Crippen LogP contribution in [-0.2, 0) is 150 Å². The van der Waals surface area contributed by atoms with Crippen LogP contribution in [0.5, 0.6) is 0 Å². The van der Waals surface area contributed by atoms with E-state index in [1.54, 1.807) is 30.3 Å². The molecule has 11 rings (SSSR count). The van der Waals surface area contributed by atoms with Crippen molar-refractivity contribution in [3.8, 4) is 0 Å². The Kier molecular flexibility index (Phi) is 35.1. The van der Waals surface area contributed by atoms with Gasteiger partial charge in [0.1, 0.15) is 55.0 Å². The lowest BCUT2D eigenvalue weighted by Crippen LogP contribution is -2.72. The predicted molar refractivity (Wildman–Crippen MR) is 438 cm³/mol. The second-order valence-corrected chi connectivity index (χ2v) is 31.3. The molecule has 0 bridgehead atoms. The van der Waals surface area contributed by atoms with E-state index in [-0.39, 0.29) is 40.0 Å². The van der Waals surface area contributed by atoms with Crippen LogP contribution in [0.3, 0.4) is 0 Å². The third kappa shape index (κ3) is 27.8. The number of ether oxygens (including phenoxy) is 18. The molecule has 0 saturated carbocycles. The number of hydrogen-bond acceptors (Lipinski definition) is 37. The number of esters is 9. The van der Waals surface area contributed by atoms with Crippen LogP contribution in [0.15, 0.2) is 212 Å². The Balaban J connectivity index is 1.11. The van der Waals surface area contributed by atoms with Crippen molar-refractivity contribution in [1.29, 1.82) is 0 Å². The Morgan fingerprint density at radius 1 is 0.359 bits per heavy atom. The predicted octanol–water partition coefficient (Wildman–Crippen LogP) is 4.61. The number of alkyl carbamates (subject to hydrolysis) is 1. The van der Waals surface area contributed by atoms with Crippen molar-refractivity contribution in [2.75, 3.05) is 40.6 Å². The summed E-state index contributed by atoms with van der Waals surface area (Å²) in [6, 6.07) is 44.6. The Hall–Kier alpha value is -12.9. The number of benzene rings is 7. The summed E-state index contributed by atoms with van der Waals surface area (Å²) in [6.45, 7) is -1.19. The number of hydrogen-bond donors (Lipinski definition) is 5. The molecule has 4 fully saturated rings. The van der Waals surface area contributed by atoms with E-state index in [0.29, 0.717) is 5.56 Å². The SMILES string of the molecule is COC(=O)[C@H]1O[C@@H](O[C@@H]2[C@@H](NC(C)=O)[C@H](O[C@H]3[C@H](OC(=O)c4ccccc4)[C@@H](OC(=O)c4ccccc4)[C@H](O[C@@H]4[C@@H](NC(C)=O)[C@H](OCCNC(=O)OCc5ccccc5)O[C@H](COS(=O)(=O)O)[C@@H]4OC(=O)c4ccccc4)O[C@@H]3C(=O)OC)O[C@H](COS(=O)(=O)O)[C@@H]2OC(=O)c2ccccc2)[C@H](OC(=O)c2ccccc2)[C@@H](OC(=O)c2ccccc2)[C@@H]1OC(=O)CCC(C)=O. The molecule has 4 aliphatic heterocycles. The first-order chi connectivity index (χ1) is 62.7. The molecule has 7 aromatic rings. The fraction of sp³-hybridized carbons (Fsp3) is 0.368. The molecule has 20 atom stereocenters. The average molecular weight is 1860 g/mol. The number of carbonyl (C=O) groups is 13. The Morgan fingerprint density at radius 2 is 0.679 bits per heavy atom. The van der Waals surface area contributed by atoms with Gasteiger partial charge in [-0.3, -0.25) is 23.5 Å². The van der Waals surface area contributed by atoms with Gasteiger partial charge in [0, 0.05) is 26.8 Å². The van der Waals surface area contributed by atoms with Crippen LogP contribution in [-0.4, -0.2) is 267 Å². The molecular formula is C87H89N3O39S2. The summed E-state index contributed by atoms with van der Waals surface area (Å²) < 4.78 is 194. The monoisotopic (exact) mass is 1860 g/mol.